The highest BCUT2D eigenvalue weighted by atomic mass is 32.2. The molecule has 0 spiro atoms. The van der Waals surface area contributed by atoms with Crippen molar-refractivity contribution in [2.75, 3.05) is 18.1 Å². The van der Waals surface area contributed by atoms with Crippen molar-refractivity contribution >= 4 is 9.84 Å². The van der Waals surface area contributed by atoms with Crippen LogP contribution in [-0.4, -0.2) is 26.5 Å². The van der Waals surface area contributed by atoms with Crippen LogP contribution >= 0.6 is 0 Å². The van der Waals surface area contributed by atoms with Crippen molar-refractivity contribution < 1.29 is 13.2 Å². The summed E-state index contributed by atoms with van der Waals surface area (Å²) in [5.41, 5.74) is 8.36. The van der Waals surface area contributed by atoms with E-state index in [9.17, 15) is 8.42 Å². The minimum absolute atomic E-state index is 0.0695. The van der Waals surface area contributed by atoms with Gasteiger partial charge in [0.15, 0.2) is 9.84 Å². The van der Waals surface area contributed by atoms with Gasteiger partial charge in [-0.15, -0.1) is 0 Å². The van der Waals surface area contributed by atoms with Crippen LogP contribution in [-0.2, 0) is 16.3 Å². The van der Waals surface area contributed by atoms with Crippen LogP contribution in [0.4, 0.5) is 0 Å². The molecular weight excluding hydrogens is 250 g/mol. The molecule has 0 saturated carbocycles. The lowest BCUT2D eigenvalue weighted by molar-refractivity contribution is 0.340. The van der Waals surface area contributed by atoms with Gasteiger partial charge < -0.3 is 10.5 Å². The van der Waals surface area contributed by atoms with Crippen LogP contribution in [0.15, 0.2) is 18.2 Å². The zero-order valence-corrected chi connectivity index (χ0v) is 11.4. The number of nitrogens with two attached hydrogens (primary N) is 1. The average molecular weight is 269 g/mol. The number of rotatable bonds is 5. The van der Waals surface area contributed by atoms with Crippen molar-refractivity contribution in [2.45, 2.75) is 25.8 Å². The molecule has 18 heavy (non-hydrogen) atoms. The molecule has 0 fully saturated rings. The second-order valence-electron chi connectivity index (χ2n) is 4.59. The van der Waals surface area contributed by atoms with Gasteiger partial charge in [-0.25, -0.2) is 8.42 Å². The van der Waals surface area contributed by atoms with Crippen molar-refractivity contribution in [3.63, 3.8) is 0 Å². The summed E-state index contributed by atoms with van der Waals surface area (Å²) in [5.74, 6) is 0.962. The second kappa shape index (κ2) is 5.28. The monoisotopic (exact) mass is 269 g/mol. The number of sulfone groups is 1. The van der Waals surface area contributed by atoms with E-state index < -0.39 is 9.84 Å². The minimum atomic E-state index is -2.95. The van der Waals surface area contributed by atoms with Crippen LogP contribution in [0.1, 0.15) is 30.5 Å². The maximum absolute atomic E-state index is 11.3. The number of benzene rings is 1. The molecule has 1 aliphatic rings. The Balaban J connectivity index is 1.96. The van der Waals surface area contributed by atoms with Crippen molar-refractivity contribution in [2.24, 2.45) is 5.73 Å². The van der Waals surface area contributed by atoms with Gasteiger partial charge in [0, 0.05) is 11.8 Å². The third-order valence-electron chi connectivity index (χ3n) is 3.34. The van der Waals surface area contributed by atoms with E-state index in [-0.39, 0.29) is 24.2 Å². The van der Waals surface area contributed by atoms with E-state index in [0.29, 0.717) is 0 Å². The minimum Gasteiger partial charge on any atom is -0.493 e. The van der Waals surface area contributed by atoms with Gasteiger partial charge in [0.2, 0.25) is 0 Å². The predicted octanol–water partition coefficient (Wildman–Crippen LogP) is 1.45. The van der Waals surface area contributed by atoms with E-state index in [1.807, 2.05) is 18.2 Å². The highest BCUT2D eigenvalue weighted by molar-refractivity contribution is 7.91. The first-order chi connectivity index (χ1) is 8.52. The van der Waals surface area contributed by atoms with Gasteiger partial charge >= 0.3 is 0 Å². The summed E-state index contributed by atoms with van der Waals surface area (Å²) in [4.78, 5) is 0. The molecule has 0 unspecified atom stereocenters. The normalized spacial score (nSPS) is 18.7. The van der Waals surface area contributed by atoms with Gasteiger partial charge in [0.05, 0.1) is 5.75 Å². The fourth-order valence-corrected chi connectivity index (χ4v) is 2.77. The van der Waals surface area contributed by atoms with E-state index in [2.05, 4.69) is 0 Å². The average Bonchev–Trinajstić information content (AvgIpc) is 2.71. The molecule has 2 rings (SSSR count). The highest BCUT2D eigenvalue weighted by Gasteiger charge is 2.19. The molecule has 0 heterocycles. The summed E-state index contributed by atoms with van der Waals surface area (Å²) >= 11 is 0. The maximum Gasteiger partial charge on any atom is 0.153 e. The Morgan fingerprint density at radius 3 is 2.94 bits per heavy atom. The number of hydrogen-bond acceptors (Lipinski definition) is 4. The SMILES string of the molecule is CCS(=O)(=O)CCOc1ccc2c(c1)CC[C@@H]2N. The van der Waals surface area contributed by atoms with Gasteiger partial charge in [0.25, 0.3) is 0 Å². The Morgan fingerprint density at radius 2 is 2.22 bits per heavy atom. The van der Waals surface area contributed by atoms with E-state index in [0.717, 1.165) is 18.6 Å². The molecule has 4 nitrogen and oxygen atoms in total. The largest absolute Gasteiger partial charge is 0.493 e. The smallest absolute Gasteiger partial charge is 0.153 e. The lowest BCUT2D eigenvalue weighted by Gasteiger charge is -2.09. The van der Waals surface area contributed by atoms with Crippen LogP contribution in [0.25, 0.3) is 0 Å². The summed E-state index contributed by atoms with van der Waals surface area (Å²) < 4.78 is 28.1. The van der Waals surface area contributed by atoms with Gasteiger partial charge in [-0.3, -0.25) is 0 Å². The molecule has 1 aliphatic carbocycles. The van der Waals surface area contributed by atoms with Gasteiger partial charge in [-0.2, -0.15) is 0 Å². The Bertz CT molecular complexity index is 525. The van der Waals surface area contributed by atoms with Crippen LogP contribution in [0.3, 0.4) is 0 Å². The Kier molecular flexibility index (Phi) is 3.92. The molecule has 0 saturated heterocycles. The summed E-state index contributed by atoms with van der Waals surface area (Å²) in [6, 6.07) is 5.95. The molecule has 0 aliphatic heterocycles. The lowest BCUT2D eigenvalue weighted by Crippen LogP contribution is -2.15. The van der Waals surface area contributed by atoms with E-state index >= 15 is 0 Å². The molecule has 0 radical (unpaired) electrons. The van der Waals surface area contributed by atoms with E-state index in [1.165, 1.54) is 11.1 Å². The van der Waals surface area contributed by atoms with Crippen molar-refractivity contribution in [1.29, 1.82) is 0 Å². The first-order valence-corrected chi connectivity index (χ1v) is 8.05. The molecular formula is C13H19NO3S. The number of fused-ring (bicyclic) bond motifs is 1. The van der Waals surface area contributed by atoms with E-state index in [1.54, 1.807) is 6.92 Å². The molecule has 1 aromatic carbocycles. The molecule has 1 aromatic rings. The van der Waals surface area contributed by atoms with Crippen molar-refractivity contribution in [1.82, 2.24) is 0 Å². The zero-order chi connectivity index (χ0) is 13.2. The van der Waals surface area contributed by atoms with Crippen LogP contribution in [0, 0.1) is 0 Å². The van der Waals surface area contributed by atoms with Crippen molar-refractivity contribution in [3.8, 4) is 5.75 Å². The Morgan fingerprint density at radius 1 is 1.44 bits per heavy atom. The molecule has 5 heteroatoms. The first kappa shape index (κ1) is 13.4. The van der Waals surface area contributed by atoms with Crippen LogP contribution < -0.4 is 10.5 Å². The molecule has 2 N–H and O–H groups in total. The highest BCUT2D eigenvalue weighted by Crippen LogP contribution is 2.31. The van der Waals surface area contributed by atoms with E-state index in [4.69, 9.17) is 10.5 Å². The third kappa shape index (κ3) is 3.03. The number of ether oxygens (including phenoxy) is 1. The summed E-state index contributed by atoms with van der Waals surface area (Å²) in [5, 5.41) is 0. The summed E-state index contributed by atoms with van der Waals surface area (Å²) in [6.45, 7) is 1.85. The van der Waals surface area contributed by atoms with Gasteiger partial charge in [0.1, 0.15) is 12.4 Å². The molecule has 0 bridgehead atoms. The Hall–Kier alpha value is -1.07. The predicted molar refractivity (Wildman–Crippen MR) is 71.5 cm³/mol. The zero-order valence-electron chi connectivity index (χ0n) is 10.6. The third-order valence-corrected chi connectivity index (χ3v) is 5.01. The summed E-state index contributed by atoms with van der Waals surface area (Å²) in [7, 11) is -2.95. The fourth-order valence-electron chi connectivity index (χ4n) is 2.15. The van der Waals surface area contributed by atoms with Crippen LogP contribution in [0.2, 0.25) is 0 Å². The topological polar surface area (TPSA) is 69.4 Å². The quantitative estimate of drug-likeness (QED) is 0.878. The first-order valence-electron chi connectivity index (χ1n) is 6.23. The molecule has 100 valence electrons. The van der Waals surface area contributed by atoms with Gasteiger partial charge in [-0.1, -0.05) is 13.0 Å². The van der Waals surface area contributed by atoms with Gasteiger partial charge in [-0.05, 0) is 36.1 Å². The molecule has 0 aromatic heterocycles. The lowest BCUT2D eigenvalue weighted by atomic mass is 10.1. The Labute approximate surface area is 108 Å². The number of hydrogen-bond donors (Lipinski definition) is 1. The molecule has 0 amide bonds. The second-order valence-corrected chi connectivity index (χ2v) is 7.06. The maximum atomic E-state index is 11.3. The standard InChI is InChI=1S/C13H19NO3S/c1-2-18(15,16)8-7-17-11-4-5-12-10(9-11)3-6-13(12)14/h4-5,9,13H,2-3,6-8,14H2,1H3/t13-/m0/s1. The molecule has 1 atom stereocenters. The summed E-state index contributed by atoms with van der Waals surface area (Å²) in [6.07, 6.45) is 1.95. The number of aryl methyl sites for hydroxylation is 1. The van der Waals surface area contributed by atoms with Crippen molar-refractivity contribution in [3.05, 3.63) is 29.3 Å². The van der Waals surface area contributed by atoms with Crippen LogP contribution in [0.5, 0.6) is 5.75 Å². The fraction of sp³-hybridized carbons (Fsp3) is 0.538.